The fourth-order valence-corrected chi connectivity index (χ4v) is 3.10. The lowest BCUT2D eigenvalue weighted by Gasteiger charge is -2.32. The number of morpholine rings is 1. The first-order chi connectivity index (χ1) is 11.8. The second kappa shape index (κ2) is 6.55. The molecule has 5 heteroatoms. The number of benzene rings is 2. The minimum Gasteiger partial charge on any atom is -0.371 e. The summed E-state index contributed by atoms with van der Waals surface area (Å²) in [6.07, 6.45) is 0.0412. The van der Waals surface area contributed by atoms with Crippen molar-refractivity contribution >= 4 is 11.0 Å². The summed E-state index contributed by atoms with van der Waals surface area (Å²) in [5.41, 5.74) is 3.21. The Hall–Kier alpha value is -2.50. The molecule has 122 valence electrons. The zero-order valence-electron chi connectivity index (χ0n) is 13.3. The van der Waals surface area contributed by atoms with Crippen LogP contribution in [-0.4, -0.2) is 34.6 Å². The molecule has 5 nitrogen and oxygen atoms in total. The van der Waals surface area contributed by atoms with Crippen LogP contribution in [-0.2, 0) is 11.3 Å². The van der Waals surface area contributed by atoms with E-state index in [0.29, 0.717) is 18.8 Å². The Morgan fingerprint density at radius 2 is 1.92 bits per heavy atom. The highest BCUT2D eigenvalue weighted by Gasteiger charge is 2.23. The molecule has 2 heterocycles. The summed E-state index contributed by atoms with van der Waals surface area (Å²) in [6, 6.07) is 17.8. The summed E-state index contributed by atoms with van der Waals surface area (Å²) < 4.78 is 5.88. The van der Waals surface area contributed by atoms with Gasteiger partial charge in [0.05, 0.1) is 23.7 Å². The molecule has 1 aliphatic rings. The van der Waals surface area contributed by atoms with Crippen LogP contribution in [0, 0.1) is 0 Å². The maximum absolute atomic E-state index is 12.3. The van der Waals surface area contributed by atoms with Crippen LogP contribution in [0.15, 0.2) is 59.4 Å². The molecule has 0 saturated carbocycles. The van der Waals surface area contributed by atoms with Gasteiger partial charge >= 0.3 is 0 Å². The average molecular weight is 321 g/mol. The predicted octanol–water partition coefficient (Wildman–Crippen LogP) is 2.50. The Morgan fingerprint density at radius 3 is 2.79 bits per heavy atom. The van der Waals surface area contributed by atoms with Gasteiger partial charge in [-0.15, -0.1) is 0 Å². The first kappa shape index (κ1) is 15.1. The third-order valence-corrected chi connectivity index (χ3v) is 4.37. The third kappa shape index (κ3) is 3.09. The van der Waals surface area contributed by atoms with Gasteiger partial charge in [0, 0.05) is 19.6 Å². The summed E-state index contributed by atoms with van der Waals surface area (Å²) in [5, 5.41) is 0. The molecule has 1 fully saturated rings. The largest absolute Gasteiger partial charge is 0.371 e. The molecular weight excluding hydrogens is 302 g/mol. The molecule has 24 heavy (non-hydrogen) atoms. The van der Waals surface area contributed by atoms with Gasteiger partial charge in [0.25, 0.3) is 5.56 Å². The molecule has 3 aromatic rings. The molecule has 0 amide bonds. The number of nitrogens with zero attached hydrogens (tertiary/aromatic N) is 2. The molecule has 1 N–H and O–H groups in total. The first-order valence-electron chi connectivity index (χ1n) is 8.16. The van der Waals surface area contributed by atoms with Crippen molar-refractivity contribution in [3.63, 3.8) is 0 Å². The molecule has 0 aliphatic carbocycles. The molecule has 1 aliphatic heterocycles. The van der Waals surface area contributed by atoms with Crippen molar-refractivity contribution in [1.82, 2.24) is 14.9 Å². The van der Waals surface area contributed by atoms with E-state index < -0.39 is 0 Å². The lowest BCUT2D eigenvalue weighted by molar-refractivity contribution is -0.0333. The number of H-pyrrole nitrogens is 1. The SMILES string of the molecule is O=c1[nH]c2ccccc2nc1CN1CCO[C@H](c2ccccc2)C1. The van der Waals surface area contributed by atoms with E-state index in [0.717, 1.165) is 24.1 Å². The van der Waals surface area contributed by atoms with Crippen LogP contribution < -0.4 is 5.56 Å². The minimum absolute atomic E-state index is 0.0412. The van der Waals surface area contributed by atoms with E-state index in [1.165, 1.54) is 5.56 Å². The van der Waals surface area contributed by atoms with Crippen LogP contribution in [0.3, 0.4) is 0 Å². The predicted molar refractivity (Wildman–Crippen MR) is 92.8 cm³/mol. The highest BCUT2D eigenvalue weighted by molar-refractivity contribution is 5.73. The second-order valence-corrected chi connectivity index (χ2v) is 6.04. The molecule has 0 spiro atoms. The number of aromatic amines is 1. The molecule has 1 saturated heterocycles. The number of nitrogens with one attached hydrogen (secondary N) is 1. The van der Waals surface area contributed by atoms with Crippen molar-refractivity contribution in [2.45, 2.75) is 12.6 Å². The van der Waals surface area contributed by atoms with E-state index in [1.807, 2.05) is 42.5 Å². The molecule has 0 unspecified atom stereocenters. The smallest absolute Gasteiger partial charge is 0.271 e. The molecular formula is C19H19N3O2. The van der Waals surface area contributed by atoms with Crippen molar-refractivity contribution in [2.75, 3.05) is 19.7 Å². The second-order valence-electron chi connectivity index (χ2n) is 6.04. The number of fused-ring (bicyclic) bond motifs is 1. The molecule has 1 atom stereocenters. The van der Waals surface area contributed by atoms with Gasteiger partial charge in [-0.25, -0.2) is 4.98 Å². The van der Waals surface area contributed by atoms with Gasteiger partial charge in [0.1, 0.15) is 5.69 Å². The van der Waals surface area contributed by atoms with E-state index in [9.17, 15) is 4.79 Å². The quantitative estimate of drug-likeness (QED) is 0.805. The fourth-order valence-electron chi connectivity index (χ4n) is 3.10. The van der Waals surface area contributed by atoms with Crippen molar-refractivity contribution in [1.29, 1.82) is 0 Å². The summed E-state index contributed by atoms with van der Waals surface area (Å²) in [7, 11) is 0. The Kier molecular flexibility index (Phi) is 4.11. The maximum atomic E-state index is 12.3. The Labute approximate surface area is 139 Å². The van der Waals surface area contributed by atoms with Crippen molar-refractivity contribution < 1.29 is 4.74 Å². The Morgan fingerprint density at radius 1 is 1.12 bits per heavy atom. The van der Waals surface area contributed by atoms with Crippen molar-refractivity contribution in [3.8, 4) is 0 Å². The standard InChI is InChI=1S/C19H19N3O2/c23-19-17(20-15-8-4-5-9-16(15)21-19)12-22-10-11-24-18(13-22)14-6-2-1-3-7-14/h1-9,18H,10-13H2,(H,21,23)/t18-/m0/s1. The van der Waals surface area contributed by atoms with Gasteiger partial charge in [0.2, 0.25) is 0 Å². The highest BCUT2D eigenvalue weighted by atomic mass is 16.5. The molecule has 0 radical (unpaired) electrons. The van der Waals surface area contributed by atoms with E-state index in [4.69, 9.17) is 4.74 Å². The van der Waals surface area contributed by atoms with E-state index in [-0.39, 0.29) is 11.7 Å². The molecule has 1 aromatic heterocycles. The van der Waals surface area contributed by atoms with Crippen LogP contribution in [0.5, 0.6) is 0 Å². The van der Waals surface area contributed by atoms with Crippen LogP contribution in [0.1, 0.15) is 17.4 Å². The zero-order chi connectivity index (χ0) is 16.4. The minimum atomic E-state index is -0.114. The number of rotatable bonds is 3. The van der Waals surface area contributed by atoms with Gasteiger partial charge in [-0.2, -0.15) is 0 Å². The highest BCUT2D eigenvalue weighted by Crippen LogP contribution is 2.22. The monoisotopic (exact) mass is 321 g/mol. The maximum Gasteiger partial charge on any atom is 0.271 e. The van der Waals surface area contributed by atoms with E-state index >= 15 is 0 Å². The van der Waals surface area contributed by atoms with Crippen LogP contribution >= 0.6 is 0 Å². The summed E-state index contributed by atoms with van der Waals surface area (Å²) >= 11 is 0. The van der Waals surface area contributed by atoms with Gasteiger partial charge < -0.3 is 9.72 Å². The number of hydrogen-bond acceptors (Lipinski definition) is 4. The van der Waals surface area contributed by atoms with E-state index in [1.54, 1.807) is 0 Å². The number of para-hydroxylation sites is 2. The summed E-state index contributed by atoms with van der Waals surface area (Å²) in [4.78, 5) is 22.0. The van der Waals surface area contributed by atoms with Gasteiger partial charge in [-0.1, -0.05) is 42.5 Å². The van der Waals surface area contributed by atoms with Crippen LogP contribution in [0.25, 0.3) is 11.0 Å². The fraction of sp³-hybridized carbons (Fsp3) is 0.263. The summed E-state index contributed by atoms with van der Waals surface area (Å²) in [5.74, 6) is 0. The van der Waals surface area contributed by atoms with Crippen LogP contribution in [0.2, 0.25) is 0 Å². The van der Waals surface area contributed by atoms with Crippen molar-refractivity contribution in [2.24, 2.45) is 0 Å². The van der Waals surface area contributed by atoms with Gasteiger partial charge in [-0.05, 0) is 17.7 Å². The molecule has 0 bridgehead atoms. The third-order valence-electron chi connectivity index (χ3n) is 4.37. The first-order valence-corrected chi connectivity index (χ1v) is 8.16. The van der Waals surface area contributed by atoms with Crippen LogP contribution in [0.4, 0.5) is 0 Å². The Bertz CT molecular complexity index is 892. The van der Waals surface area contributed by atoms with E-state index in [2.05, 4.69) is 27.0 Å². The lowest BCUT2D eigenvalue weighted by atomic mass is 10.1. The van der Waals surface area contributed by atoms with Gasteiger partial charge in [-0.3, -0.25) is 9.69 Å². The molecule has 4 rings (SSSR count). The molecule has 2 aromatic carbocycles. The lowest BCUT2D eigenvalue weighted by Crippen LogP contribution is -2.39. The van der Waals surface area contributed by atoms with Gasteiger partial charge in [0.15, 0.2) is 0 Å². The van der Waals surface area contributed by atoms with Crippen molar-refractivity contribution in [3.05, 3.63) is 76.2 Å². The number of hydrogen-bond donors (Lipinski definition) is 1. The average Bonchev–Trinajstić information content (AvgIpc) is 2.63. The topological polar surface area (TPSA) is 58.2 Å². The Balaban J connectivity index is 1.55. The normalized spacial score (nSPS) is 18.8. The summed E-state index contributed by atoms with van der Waals surface area (Å²) in [6.45, 7) is 2.76. The number of ether oxygens (including phenoxy) is 1. The number of aromatic nitrogens is 2. The zero-order valence-corrected chi connectivity index (χ0v) is 13.3.